The summed E-state index contributed by atoms with van der Waals surface area (Å²) in [6, 6.07) is 7.37. The molecule has 3 rings (SSSR count). The quantitative estimate of drug-likeness (QED) is 0.675. The van der Waals surface area contributed by atoms with Crippen LogP contribution in [0.25, 0.3) is 17.2 Å². The molecule has 0 unspecified atom stereocenters. The molecule has 0 aliphatic carbocycles. The maximum Gasteiger partial charge on any atom is 0.573 e. The molecule has 0 amide bonds. The minimum absolute atomic E-state index is 0.0270. The van der Waals surface area contributed by atoms with E-state index < -0.39 is 17.9 Å². The van der Waals surface area contributed by atoms with Gasteiger partial charge in [-0.2, -0.15) is 5.26 Å². The zero-order chi connectivity index (χ0) is 18.0. The van der Waals surface area contributed by atoms with Gasteiger partial charge in [0.15, 0.2) is 0 Å². The van der Waals surface area contributed by atoms with E-state index in [1.54, 1.807) is 6.07 Å². The first-order chi connectivity index (χ1) is 11.8. The lowest BCUT2D eigenvalue weighted by molar-refractivity contribution is -0.274. The Kier molecular flexibility index (Phi) is 4.02. The van der Waals surface area contributed by atoms with Gasteiger partial charge in [-0.3, -0.25) is 0 Å². The van der Waals surface area contributed by atoms with Gasteiger partial charge < -0.3 is 4.74 Å². The van der Waals surface area contributed by atoms with E-state index >= 15 is 0 Å². The Hall–Kier alpha value is -3.55. The van der Waals surface area contributed by atoms with Crippen molar-refractivity contribution in [3.63, 3.8) is 0 Å². The number of nitriles is 1. The molecule has 126 valence electrons. The average molecular weight is 350 g/mol. The molecule has 0 spiro atoms. The molecule has 11 heteroatoms. The summed E-state index contributed by atoms with van der Waals surface area (Å²) in [5, 5.41) is 20.3. The van der Waals surface area contributed by atoms with E-state index in [0.717, 1.165) is 29.2 Å². The van der Waals surface area contributed by atoms with Crippen molar-refractivity contribution < 1.29 is 22.3 Å². The van der Waals surface area contributed by atoms with Crippen LogP contribution in [0.4, 0.5) is 17.6 Å². The monoisotopic (exact) mass is 350 g/mol. The minimum atomic E-state index is -4.91. The first-order valence-corrected chi connectivity index (χ1v) is 6.57. The molecule has 0 atom stereocenters. The lowest BCUT2D eigenvalue weighted by atomic mass is 10.2. The van der Waals surface area contributed by atoms with Crippen molar-refractivity contribution in [1.82, 2.24) is 25.2 Å². The second-order valence-corrected chi connectivity index (χ2v) is 4.64. The number of hydrogen-bond acceptors (Lipinski definition) is 6. The molecule has 2 aromatic heterocycles. The number of aromatic nitrogens is 5. The molecule has 0 radical (unpaired) electrons. The van der Waals surface area contributed by atoms with Crippen molar-refractivity contribution in [3.05, 3.63) is 47.9 Å². The first-order valence-electron chi connectivity index (χ1n) is 6.57. The third-order valence-electron chi connectivity index (χ3n) is 2.85. The lowest BCUT2D eigenvalue weighted by Crippen LogP contribution is -2.17. The molecule has 2 heterocycles. The maximum atomic E-state index is 12.9. The lowest BCUT2D eigenvalue weighted by Gasteiger charge is -2.10. The number of nitrogens with zero attached hydrogens (tertiary/aromatic N) is 6. The van der Waals surface area contributed by atoms with Crippen molar-refractivity contribution in [2.75, 3.05) is 0 Å². The van der Waals surface area contributed by atoms with E-state index in [9.17, 15) is 17.6 Å². The highest BCUT2D eigenvalue weighted by molar-refractivity contribution is 5.49. The molecule has 3 aromatic rings. The molecule has 1 aromatic carbocycles. The molecular formula is C14H6F4N6O. The summed E-state index contributed by atoms with van der Waals surface area (Å²) < 4.78 is 53.8. The highest BCUT2D eigenvalue weighted by Crippen LogP contribution is 2.26. The predicted molar refractivity (Wildman–Crippen MR) is 73.7 cm³/mol. The van der Waals surface area contributed by atoms with Crippen LogP contribution in [-0.2, 0) is 0 Å². The van der Waals surface area contributed by atoms with Crippen LogP contribution >= 0.6 is 0 Å². The van der Waals surface area contributed by atoms with Gasteiger partial charge in [0.05, 0.1) is 23.5 Å². The molecule has 0 saturated heterocycles. The summed E-state index contributed by atoms with van der Waals surface area (Å²) in [5.41, 5.74) is 0.158. The van der Waals surface area contributed by atoms with E-state index in [1.165, 1.54) is 12.1 Å². The van der Waals surface area contributed by atoms with Crippen LogP contribution in [0.2, 0.25) is 0 Å². The Morgan fingerprint density at radius 1 is 1.16 bits per heavy atom. The summed E-state index contributed by atoms with van der Waals surface area (Å²) in [7, 11) is 0. The SMILES string of the molecule is N#Cc1cc(OC(F)(F)F)cc(-n2nnc(-c3ccc(F)cn3)n2)c1. The second kappa shape index (κ2) is 6.16. The van der Waals surface area contributed by atoms with E-state index in [2.05, 4.69) is 25.1 Å². The predicted octanol–water partition coefficient (Wildman–Crippen LogP) is 2.63. The third kappa shape index (κ3) is 3.86. The Bertz CT molecular complexity index is 945. The van der Waals surface area contributed by atoms with Crippen LogP contribution < -0.4 is 4.74 Å². The van der Waals surface area contributed by atoms with Crippen molar-refractivity contribution in [3.8, 4) is 29.0 Å². The van der Waals surface area contributed by atoms with Gasteiger partial charge >= 0.3 is 6.36 Å². The number of pyridine rings is 1. The first kappa shape index (κ1) is 16.3. The molecule has 0 aliphatic heterocycles. The largest absolute Gasteiger partial charge is 0.573 e. The fraction of sp³-hybridized carbons (Fsp3) is 0.0714. The smallest absolute Gasteiger partial charge is 0.406 e. The number of alkyl halides is 3. The van der Waals surface area contributed by atoms with Gasteiger partial charge in [-0.1, -0.05) is 0 Å². The standard InChI is InChI=1S/C14H6F4N6O/c15-9-1-2-12(20-7-9)13-21-23-24(22-13)10-3-8(6-19)4-11(5-10)25-14(16,17)18/h1-5,7H. The molecule has 0 fully saturated rings. The number of ether oxygens (including phenoxy) is 1. The fourth-order valence-corrected chi connectivity index (χ4v) is 1.89. The van der Waals surface area contributed by atoms with Gasteiger partial charge in [0, 0.05) is 6.07 Å². The third-order valence-corrected chi connectivity index (χ3v) is 2.85. The molecule has 25 heavy (non-hydrogen) atoms. The number of halogens is 4. The number of tetrazole rings is 1. The molecule has 0 bridgehead atoms. The number of hydrogen-bond donors (Lipinski definition) is 0. The molecular weight excluding hydrogens is 344 g/mol. The van der Waals surface area contributed by atoms with Crippen LogP contribution in [0.1, 0.15) is 5.56 Å². The Morgan fingerprint density at radius 3 is 2.60 bits per heavy atom. The van der Waals surface area contributed by atoms with Crippen molar-refractivity contribution in [2.24, 2.45) is 0 Å². The maximum absolute atomic E-state index is 12.9. The zero-order valence-electron chi connectivity index (χ0n) is 12.1. The van der Waals surface area contributed by atoms with Crippen molar-refractivity contribution in [1.29, 1.82) is 5.26 Å². The van der Waals surface area contributed by atoms with Crippen molar-refractivity contribution in [2.45, 2.75) is 6.36 Å². The van der Waals surface area contributed by atoms with Gasteiger partial charge in [0.1, 0.15) is 17.3 Å². The van der Waals surface area contributed by atoms with Crippen LogP contribution in [0.15, 0.2) is 36.5 Å². The van der Waals surface area contributed by atoms with Crippen LogP contribution in [0.5, 0.6) is 5.75 Å². The van der Waals surface area contributed by atoms with Gasteiger partial charge in [0.25, 0.3) is 0 Å². The molecule has 0 saturated carbocycles. The summed E-state index contributed by atoms with van der Waals surface area (Å²) in [6.07, 6.45) is -3.95. The topological polar surface area (TPSA) is 89.5 Å². The Labute approximate surface area is 137 Å². The fourth-order valence-electron chi connectivity index (χ4n) is 1.89. The molecule has 7 nitrogen and oxygen atoms in total. The highest BCUT2D eigenvalue weighted by Gasteiger charge is 2.31. The molecule has 0 N–H and O–H groups in total. The Morgan fingerprint density at radius 2 is 1.96 bits per heavy atom. The van der Waals surface area contributed by atoms with E-state index in [1.807, 2.05) is 0 Å². The highest BCUT2D eigenvalue weighted by atomic mass is 19.4. The van der Waals surface area contributed by atoms with E-state index in [4.69, 9.17) is 5.26 Å². The van der Waals surface area contributed by atoms with Gasteiger partial charge in [-0.25, -0.2) is 9.37 Å². The van der Waals surface area contributed by atoms with E-state index in [0.29, 0.717) is 0 Å². The minimum Gasteiger partial charge on any atom is -0.406 e. The summed E-state index contributed by atoms with van der Waals surface area (Å²) in [6.45, 7) is 0. The Balaban J connectivity index is 1.98. The van der Waals surface area contributed by atoms with Gasteiger partial charge in [-0.15, -0.1) is 28.2 Å². The summed E-state index contributed by atoms with van der Waals surface area (Å²) >= 11 is 0. The van der Waals surface area contributed by atoms with Crippen LogP contribution in [-0.4, -0.2) is 31.6 Å². The average Bonchev–Trinajstić information content (AvgIpc) is 3.03. The number of rotatable bonds is 3. The normalized spacial score (nSPS) is 11.2. The van der Waals surface area contributed by atoms with Crippen molar-refractivity contribution >= 4 is 0 Å². The summed E-state index contributed by atoms with van der Waals surface area (Å²) in [4.78, 5) is 4.68. The van der Waals surface area contributed by atoms with E-state index in [-0.39, 0.29) is 22.8 Å². The van der Waals surface area contributed by atoms with Crippen LogP contribution in [0.3, 0.4) is 0 Å². The van der Waals surface area contributed by atoms with Gasteiger partial charge in [-0.05, 0) is 29.5 Å². The van der Waals surface area contributed by atoms with Crippen LogP contribution in [0, 0.1) is 17.1 Å². The second-order valence-electron chi connectivity index (χ2n) is 4.64. The van der Waals surface area contributed by atoms with Gasteiger partial charge in [0.2, 0.25) is 5.82 Å². The molecule has 0 aliphatic rings. The summed E-state index contributed by atoms with van der Waals surface area (Å²) in [5.74, 6) is -1.12. The zero-order valence-corrected chi connectivity index (χ0v) is 12.1. The number of benzene rings is 1.